The molecule has 2 amide bonds. The maximum absolute atomic E-state index is 13.8. The molecule has 5 aromatic rings. The number of ether oxygens (including phenoxy) is 1. The Morgan fingerprint density at radius 2 is 1.61 bits per heavy atom. The van der Waals surface area contributed by atoms with Gasteiger partial charge in [-0.05, 0) is 78.5 Å². The van der Waals surface area contributed by atoms with Gasteiger partial charge in [-0.15, -0.1) is 0 Å². The quantitative estimate of drug-likeness (QED) is 0.126. The third-order valence-electron chi connectivity index (χ3n) is 8.24. The maximum atomic E-state index is 13.8. The molecule has 0 bridgehead atoms. The zero-order chi connectivity index (χ0) is 34.5. The van der Waals surface area contributed by atoms with Gasteiger partial charge in [0.1, 0.15) is 18.1 Å². The number of hydrogen-bond acceptors (Lipinski definition) is 5. The van der Waals surface area contributed by atoms with E-state index in [0.717, 1.165) is 40.0 Å². The fourth-order valence-corrected chi connectivity index (χ4v) is 5.71. The molecule has 1 unspecified atom stereocenters. The predicted molar refractivity (Wildman–Crippen MR) is 178 cm³/mol. The summed E-state index contributed by atoms with van der Waals surface area (Å²) in [5, 5.41) is 17.6. The topological polar surface area (TPSA) is 109 Å². The molecule has 1 aliphatic rings. The number of nitrogens with zero attached hydrogens (tertiary/aromatic N) is 3. The number of anilines is 1. The van der Waals surface area contributed by atoms with Gasteiger partial charge in [-0.1, -0.05) is 66.7 Å². The molecule has 0 spiro atoms. The van der Waals surface area contributed by atoms with Crippen molar-refractivity contribution in [3.05, 3.63) is 143 Å². The zero-order valence-corrected chi connectivity index (χ0v) is 26.5. The van der Waals surface area contributed by atoms with Gasteiger partial charge in [0.25, 0.3) is 5.91 Å². The highest BCUT2D eigenvalue weighted by Crippen LogP contribution is 2.38. The van der Waals surface area contributed by atoms with Gasteiger partial charge in [0.2, 0.25) is 0 Å². The lowest BCUT2D eigenvalue weighted by Gasteiger charge is -2.29. The second kappa shape index (κ2) is 14.2. The number of nitrogens with one attached hydrogen (secondary N) is 2. The van der Waals surface area contributed by atoms with Gasteiger partial charge in [-0.3, -0.25) is 9.69 Å². The molecule has 4 aromatic carbocycles. The molecule has 0 aliphatic heterocycles. The highest BCUT2D eigenvalue weighted by atomic mass is 19.4. The summed E-state index contributed by atoms with van der Waals surface area (Å²) >= 11 is 0. The van der Waals surface area contributed by atoms with Crippen molar-refractivity contribution < 1.29 is 32.6 Å². The smallest absolute Gasteiger partial charge is 0.435 e. The van der Waals surface area contributed by atoms with Crippen LogP contribution in [-0.4, -0.2) is 44.9 Å². The molecule has 9 nitrogen and oxygen atoms in total. The van der Waals surface area contributed by atoms with Crippen molar-refractivity contribution in [2.75, 3.05) is 12.4 Å². The Hall–Kier alpha value is -5.62. The number of benzene rings is 4. The van der Waals surface area contributed by atoms with Crippen LogP contribution in [0.5, 0.6) is 5.75 Å². The van der Waals surface area contributed by atoms with Gasteiger partial charge in [0.15, 0.2) is 5.69 Å². The van der Waals surface area contributed by atoms with Crippen LogP contribution in [0.25, 0.3) is 5.69 Å². The fourth-order valence-electron chi connectivity index (χ4n) is 5.71. The molecule has 252 valence electrons. The lowest BCUT2D eigenvalue weighted by atomic mass is 9.96. The minimum absolute atomic E-state index is 0.0799. The molecule has 0 radical (unpaired) electrons. The van der Waals surface area contributed by atoms with Crippen LogP contribution in [0.4, 0.5) is 23.7 Å². The average Bonchev–Trinajstić information content (AvgIpc) is 3.84. The van der Waals surface area contributed by atoms with Crippen molar-refractivity contribution in [2.45, 2.75) is 44.3 Å². The number of rotatable bonds is 12. The van der Waals surface area contributed by atoms with E-state index in [9.17, 15) is 22.8 Å². The minimum Gasteiger partial charge on any atom is -0.489 e. The first kappa shape index (κ1) is 33.3. The average molecular weight is 670 g/mol. The third kappa shape index (κ3) is 8.28. The monoisotopic (exact) mass is 669 g/mol. The Balaban J connectivity index is 1.28. The van der Waals surface area contributed by atoms with E-state index in [1.807, 2.05) is 66.7 Å². The first-order chi connectivity index (χ1) is 23.5. The summed E-state index contributed by atoms with van der Waals surface area (Å²) < 4.78 is 48.4. The molecule has 3 N–H and O–H groups in total. The fraction of sp³-hybridized carbons (Fsp3) is 0.216. The van der Waals surface area contributed by atoms with E-state index in [1.54, 1.807) is 24.3 Å². The first-order valence-corrected chi connectivity index (χ1v) is 15.7. The van der Waals surface area contributed by atoms with Gasteiger partial charge >= 0.3 is 12.3 Å². The van der Waals surface area contributed by atoms with Gasteiger partial charge in [-0.2, -0.15) is 18.3 Å². The summed E-state index contributed by atoms with van der Waals surface area (Å²) in [4.78, 5) is 26.9. The molecule has 1 atom stereocenters. The standard InChI is InChI=1S/C37H34F3N5O4/c1-44(29-16-17-29)34(27-12-7-15-31(20-27)49-23-24-8-3-2-4-9-24)26-11-6-13-28(19-26)42-35(46)32-21-33(37(38,39)40)43-45(32)30-14-5-10-25(18-30)22-41-36(47)48/h2-15,18-21,29,34,41H,16-17,22-23H2,1H3,(H,42,46)(H,47,48). The van der Waals surface area contributed by atoms with Crippen molar-refractivity contribution in [1.82, 2.24) is 20.0 Å². The Bertz CT molecular complexity index is 1940. The van der Waals surface area contributed by atoms with Gasteiger partial charge in [0.05, 0.1) is 11.7 Å². The number of carboxylic acid groups (broad SMARTS) is 1. The maximum Gasteiger partial charge on any atom is 0.435 e. The van der Waals surface area contributed by atoms with E-state index < -0.39 is 23.9 Å². The summed E-state index contributed by atoms with van der Waals surface area (Å²) in [6.07, 6.45) is -3.93. The van der Waals surface area contributed by atoms with Crippen molar-refractivity contribution in [1.29, 1.82) is 0 Å². The lowest BCUT2D eigenvalue weighted by molar-refractivity contribution is -0.141. The molecule has 0 saturated heterocycles. The van der Waals surface area contributed by atoms with Crippen molar-refractivity contribution in [3.63, 3.8) is 0 Å². The van der Waals surface area contributed by atoms with Crippen LogP contribution >= 0.6 is 0 Å². The van der Waals surface area contributed by atoms with Gasteiger partial charge in [0, 0.05) is 24.3 Å². The highest BCUT2D eigenvalue weighted by molar-refractivity contribution is 6.03. The molecule has 12 heteroatoms. The molecular formula is C37H34F3N5O4. The predicted octanol–water partition coefficient (Wildman–Crippen LogP) is 7.67. The van der Waals surface area contributed by atoms with Crippen molar-refractivity contribution in [2.24, 2.45) is 0 Å². The molecule has 6 rings (SSSR count). The molecule has 1 heterocycles. The minimum atomic E-state index is -4.80. The summed E-state index contributed by atoms with van der Waals surface area (Å²) in [7, 11) is 2.06. The number of alkyl halides is 3. The van der Waals surface area contributed by atoms with E-state index in [0.29, 0.717) is 30.0 Å². The molecule has 1 aliphatic carbocycles. The Morgan fingerprint density at radius 3 is 2.33 bits per heavy atom. The summed E-state index contributed by atoms with van der Waals surface area (Å²) in [5.41, 5.74) is 2.40. The van der Waals surface area contributed by atoms with E-state index in [4.69, 9.17) is 9.84 Å². The van der Waals surface area contributed by atoms with Gasteiger partial charge in [-0.25, -0.2) is 9.48 Å². The Labute approximate surface area is 280 Å². The van der Waals surface area contributed by atoms with Gasteiger partial charge < -0.3 is 20.5 Å². The van der Waals surface area contributed by atoms with E-state index >= 15 is 0 Å². The second-order valence-corrected chi connectivity index (χ2v) is 11.9. The van der Waals surface area contributed by atoms with E-state index in [1.165, 1.54) is 12.1 Å². The van der Waals surface area contributed by atoms with Crippen LogP contribution < -0.4 is 15.4 Å². The van der Waals surface area contributed by atoms with Crippen molar-refractivity contribution >= 4 is 17.7 Å². The number of halogens is 3. The number of carbonyl (C=O) groups is 2. The normalized spacial score (nSPS) is 13.6. The van der Waals surface area contributed by atoms with Crippen LogP contribution in [0.1, 0.15) is 57.3 Å². The van der Waals surface area contributed by atoms with Crippen LogP contribution in [0.2, 0.25) is 0 Å². The van der Waals surface area contributed by atoms with E-state index in [-0.39, 0.29) is 24.0 Å². The Morgan fingerprint density at radius 1 is 0.918 bits per heavy atom. The molecule has 49 heavy (non-hydrogen) atoms. The molecule has 1 fully saturated rings. The molecule has 1 saturated carbocycles. The van der Waals surface area contributed by atoms with Crippen LogP contribution in [0, 0.1) is 0 Å². The van der Waals surface area contributed by atoms with Crippen molar-refractivity contribution in [3.8, 4) is 11.4 Å². The summed E-state index contributed by atoms with van der Waals surface area (Å²) in [6.45, 7) is 0.342. The SMILES string of the molecule is CN(C1CC1)C(c1cccc(NC(=O)c2cc(C(F)(F)F)nn2-c2cccc(CNC(=O)O)c2)c1)c1cccc(OCc2ccccc2)c1. The largest absolute Gasteiger partial charge is 0.489 e. The molecular weight excluding hydrogens is 635 g/mol. The van der Waals surface area contributed by atoms with E-state index in [2.05, 4.69) is 27.7 Å². The number of aromatic nitrogens is 2. The zero-order valence-electron chi connectivity index (χ0n) is 26.5. The lowest BCUT2D eigenvalue weighted by Crippen LogP contribution is -2.27. The third-order valence-corrected chi connectivity index (χ3v) is 8.24. The number of amides is 2. The Kier molecular flexibility index (Phi) is 9.68. The van der Waals surface area contributed by atoms with Crippen LogP contribution in [0.15, 0.2) is 109 Å². The summed E-state index contributed by atoms with van der Waals surface area (Å²) in [5.74, 6) is -0.0748. The molecule has 1 aromatic heterocycles. The first-order valence-electron chi connectivity index (χ1n) is 15.7. The highest BCUT2D eigenvalue weighted by Gasteiger charge is 2.36. The van der Waals surface area contributed by atoms with Crippen LogP contribution in [0.3, 0.4) is 0 Å². The number of carbonyl (C=O) groups excluding carboxylic acids is 1. The van der Waals surface area contributed by atoms with Crippen LogP contribution in [-0.2, 0) is 19.3 Å². The number of hydrogen-bond donors (Lipinski definition) is 3. The second-order valence-electron chi connectivity index (χ2n) is 11.9. The summed E-state index contributed by atoms with van der Waals surface area (Å²) in [6, 6.07) is 32.0.